The van der Waals surface area contributed by atoms with Crippen molar-refractivity contribution in [1.82, 2.24) is 9.97 Å². The van der Waals surface area contributed by atoms with Gasteiger partial charge in [-0.25, -0.2) is 0 Å². The maximum atomic E-state index is 10.1. The molecular formula is C27H24N4. The summed E-state index contributed by atoms with van der Waals surface area (Å²) in [5.74, 6) is 0. The molecule has 0 spiro atoms. The fourth-order valence-corrected chi connectivity index (χ4v) is 4.32. The molecule has 0 unspecified atom stereocenters. The number of hydrogen-bond acceptors (Lipinski definition) is 2. The summed E-state index contributed by atoms with van der Waals surface area (Å²) < 4.78 is 0. The van der Waals surface area contributed by atoms with Crippen molar-refractivity contribution in [2.24, 2.45) is 0 Å². The number of benzene rings is 2. The minimum absolute atomic E-state index is 0.604. The second-order valence-electron chi connectivity index (χ2n) is 7.89. The van der Waals surface area contributed by atoms with Crippen LogP contribution in [0.25, 0.3) is 27.8 Å². The highest BCUT2D eigenvalue weighted by molar-refractivity contribution is 6.13. The molecule has 4 rings (SSSR count). The standard InChI is InChI=1S/C27H24N4/c1-17-13-23(21-5-9-29-10-6-21)14-18(2)25(17)27(31-28)26-19(3)15-24(16-20(26)4)22-7-11-30-12-8-22/h5-16H,1-4H3. The van der Waals surface area contributed by atoms with Crippen molar-refractivity contribution in [2.75, 3.05) is 0 Å². The fraction of sp³-hybridized carbons (Fsp3) is 0.148. The molecule has 0 aliphatic heterocycles. The normalized spacial score (nSPS) is 10.6. The lowest BCUT2D eigenvalue weighted by Gasteiger charge is -2.14. The van der Waals surface area contributed by atoms with E-state index >= 15 is 0 Å². The topological polar surface area (TPSA) is 62.2 Å². The summed E-state index contributed by atoms with van der Waals surface area (Å²) in [4.78, 5) is 12.0. The van der Waals surface area contributed by atoms with Crippen LogP contribution >= 0.6 is 0 Å². The van der Waals surface area contributed by atoms with Crippen molar-refractivity contribution in [3.05, 3.63) is 112 Å². The van der Waals surface area contributed by atoms with E-state index < -0.39 is 0 Å². The quantitative estimate of drug-likeness (QED) is 0.234. The highest BCUT2D eigenvalue weighted by Crippen LogP contribution is 2.30. The van der Waals surface area contributed by atoms with E-state index in [1.165, 1.54) is 0 Å². The SMILES string of the molecule is Cc1cc(-c2ccncc2)cc(C)c1C(=[N+]=[N-])c1c(C)cc(-c2ccncc2)cc1C. The Bertz CT molecular complexity index is 1160. The highest BCUT2D eigenvalue weighted by Gasteiger charge is 2.25. The number of aromatic nitrogens is 2. The first-order valence-electron chi connectivity index (χ1n) is 10.3. The molecule has 0 amide bonds. The van der Waals surface area contributed by atoms with Crippen LogP contribution in [0.5, 0.6) is 0 Å². The Kier molecular flexibility index (Phi) is 5.57. The predicted molar refractivity (Wildman–Crippen MR) is 125 cm³/mol. The second kappa shape index (κ2) is 8.47. The first kappa shape index (κ1) is 20.4. The summed E-state index contributed by atoms with van der Waals surface area (Å²) in [5, 5.41) is 0. The summed E-state index contributed by atoms with van der Waals surface area (Å²) >= 11 is 0. The molecule has 0 fully saturated rings. The molecule has 2 aromatic heterocycles. The minimum Gasteiger partial charge on any atom is -0.361 e. The van der Waals surface area contributed by atoms with E-state index in [1.54, 1.807) is 24.8 Å². The average molecular weight is 405 g/mol. The Balaban J connectivity index is 1.83. The van der Waals surface area contributed by atoms with Crippen LogP contribution in [0, 0.1) is 27.7 Å². The summed E-state index contributed by atoms with van der Waals surface area (Å²) in [6.07, 6.45) is 7.19. The van der Waals surface area contributed by atoms with Crippen LogP contribution in [0.2, 0.25) is 0 Å². The Hall–Kier alpha value is -3.88. The van der Waals surface area contributed by atoms with Crippen molar-refractivity contribution in [1.29, 1.82) is 0 Å². The van der Waals surface area contributed by atoms with Crippen molar-refractivity contribution < 1.29 is 4.79 Å². The van der Waals surface area contributed by atoms with Crippen LogP contribution in [-0.2, 0) is 0 Å². The molecule has 0 atom stereocenters. The van der Waals surface area contributed by atoms with Crippen LogP contribution in [0.1, 0.15) is 33.4 Å². The molecule has 4 heteroatoms. The summed E-state index contributed by atoms with van der Waals surface area (Å²) in [7, 11) is 0. The van der Waals surface area contributed by atoms with Crippen LogP contribution in [0.3, 0.4) is 0 Å². The zero-order valence-electron chi connectivity index (χ0n) is 18.2. The number of rotatable bonds is 4. The highest BCUT2D eigenvalue weighted by atomic mass is 14.9. The largest absolute Gasteiger partial charge is 0.361 e. The number of aryl methyl sites for hydroxylation is 4. The molecule has 0 saturated heterocycles. The van der Waals surface area contributed by atoms with E-state index in [4.69, 9.17) is 0 Å². The van der Waals surface area contributed by atoms with Gasteiger partial charge in [0.1, 0.15) is 0 Å². The molecular weight excluding hydrogens is 380 g/mol. The van der Waals surface area contributed by atoms with Gasteiger partial charge in [-0.1, -0.05) is 24.3 Å². The molecule has 31 heavy (non-hydrogen) atoms. The van der Waals surface area contributed by atoms with Crippen molar-refractivity contribution in [3.8, 4) is 22.3 Å². The van der Waals surface area contributed by atoms with E-state index in [2.05, 4.69) is 66.7 Å². The zero-order valence-corrected chi connectivity index (χ0v) is 18.2. The Morgan fingerprint density at radius 3 is 1.19 bits per heavy atom. The lowest BCUT2D eigenvalue weighted by molar-refractivity contribution is -0.00294. The first-order valence-corrected chi connectivity index (χ1v) is 10.3. The number of hydrogen-bond donors (Lipinski definition) is 0. The van der Waals surface area contributed by atoms with Gasteiger partial charge >= 0.3 is 5.71 Å². The fourth-order valence-electron chi connectivity index (χ4n) is 4.32. The summed E-state index contributed by atoms with van der Waals surface area (Å²) in [6.45, 7) is 8.25. The van der Waals surface area contributed by atoms with E-state index in [0.717, 1.165) is 55.6 Å². The maximum absolute atomic E-state index is 10.1. The predicted octanol–water partition coefficient (Wildman–Crippen LogP) is 6.11. The van der Waals surface area contributed by atoms with E-state index in [-0.39, 0.29) is 0 Å². The molecule has 0 aliphatic rings. The van der Waals surface area contributed by atoms with Crippen LogP contribution in [0.4, 0.5) is 0 Å². The molecule has 4 nitrogen and oxygen atoms in total. The molecule has 2 heterocycles. The van der Waals surface area contributed by atoms with E-state index in [1.807, 2.05) is 24.3 Å². The van der Waals surface area contributed by atoms with Gasteiger partial charge in [0, 0.05) is 24.8 Å². The van der Waals surface area contributed by atoms with Crippen LogP contribution < -0.4 is 0 Å². The van der Waals surface area contributed by atoms with Gasteiger partial charge < -0.3 is 5.53 Å². The molecule has 2 aromatic carbocycles. The van der Waals surface area contributed by atoms with Gasteiger partial charge in [0.15, 0.2) is 0 Å². The second-order valence-corrected chi connectivity index (χ2v) is 7.89. The maximum Gasteiger partial charge on any atom is 0.330 e. The number of nitrogens with zero attached hydrogens (tertiary/aromatic N) is 4. The van der Waals surface area contributed by atoms with Gasteiger partial charge in [-0.2, -0.15) is 4.79 Å². The third-order valence-electron chi connectivity index (χ3n) is 5.67. The molecule has 4 aromatic rings. The third-order valence-corrected chi connectivity index (χ3v) is 5.67. The monoisotopic (exact) mass is 404 g/mol. The van der Waals surface area contributed by atoms with Crippen LogP contribution in [-0.4, -0.2) is 20.5 Å². The van der Waals surface area contributed by atoms with Gasteiger partial charge in [-0.15, -0.1) is 0 Å². The number of pyridine rings is 2. The molecule has 0 aliphatic carbocycles. The Morgan fingerprint density at radius 2 is 0.903 bits per heavy atom. The molecule has 0 saturated carbocycles. The van der Waals surface area contributed by atoms with Crippen LogP contribution in [0.15, 0.2) is 73.3 Å². The van der Waals surface area contributed by atoms with Gasteiger partial charge in [0.25, 0.3) is 0 Å². The zero-order chi connectivity index (χ0) is 22.0. The molecule has 0 bridgehead atoms. The van der Waals surface area contributed by atoms with Gasteiger partial charge in [0.05, 0.1) is 11.1 Å². The molecule has 0 radical (unpaired) electrons. The van der Waals surface area contributed by atoms with Crippen molar-refractivity contribution in [2.45, 2.75) is 27.7 Å². The van der Waals surface area contributed by atoms with E-state index in [0.29, 0.717) is 5.71 Å². The lowest BCUT2D eigenvalue weighted by Crippen LogP contribution is -2.13. The van der Waals surface area contributed by atoms with E-state index in [9.17, 15) is 5.53 Å². The third kappa shape index (κ3) is 3.94. The van der Waals surface area contributed by atoms with Crippen molar-refractivity contribution in [3.63, 3.8) is 0 Å². The molecule has 152 valence electrons. The lowest BCUT2D eigenvalue weighted by atomic mass is 9.86. The average Bonchev–Trinajstić information content (AvgIpc) is 2.78. The summed E-state index contributed by atoms with van der Waals surface area (Å²) in [6, 6.07) is 16.6. The minimum atomic E-state index is 0.604. The Labute approximate surface area is 182 Å². The molecule has 0 N–H and O–H groups in total. The Morgan fingerprint density at radius 1 is 0.581 bits per heavy atom. The first-order chi connectivity index (χ1) is 15.0. The van der Waals surface area contributed by atoms with Crippen molar-refractivity contribution >= 4 is 5.71 Å². The van der Waals surface area contributed by atoms with Gasteiger partial charge in [-0.05, 0) is 96.5 Å². The van der Waals surface area contributed by atoms with Gasteiger partial charge in [0.2, 0.25) is 0 Å². The smallest absolute Gasteiger partial charge is 0.330 e. The van der Waals surface area contributed by atoms with Gasteiger partial charge in [-0.3, -0.25) is 9.97 Å². The summed E-state index contributed by atoms with van der Waals surface area (Å²) in [5.41, 5.74) is 21.3.